The second kappa shape index (κ2) is 8.57. The molecule has 0 atom stereocenters. The van der Waals surface area contributed by atoms with E-state index < -0.39 is 5.91 Å². The number of fused-ring (bicyclic) bond motifs is 1. The van der Waals surface area contributed by atoms with Crippen molar-refractivity contribution in [2.24, 2.45) is 11.7 Å². The molecule has 0 aliphatic carbocycles. The van der Waals surface area contributed by atoms with E-state index in [2.05, 4.69) is 27.0 Å². The maximum Gasteiger partial charge on any atom is 0.249 e. The van der Waals surface area contributed by atoms with Crippen LogP contribution in [0.4, 0.5) is 5.69 Å². The van der Waals surface area contributed by atoms with Gasteiger partial charge in [0.2, 0.25) is 5.91 Å². The maximum atomic E-state index is 11.9. The first-order chi connectivity index (χ1) is 14.2. The highest BCUT2D eigenvalue weighted by Crippen LogP contribution is 2.29. The normalized spacial score (nSPS) is 15.0. The third kappa shape index (κ3) is 4.22. The summed E-state index contributed by atoms with van der Waals surface area (Å²) in [4.78, 5) is 23.1. The number of amides is 1. The van der Waals surface area contributed by atoms with Crippen LogP contribution in [0.15, 0.2) is 48.8 Å². The zero-order chi connectivity index (χ0) is 20.2. The average molecular weight is 390 g/mol. The van der Waals surface area contributed by atoms with Crippen molar-refractivity contribution in [1.82, 2.24) is 9.97 Å². The van der Waals surface area contributed by atoms with Crippen LogP contribution in [0.1, 0.15) is 36.0 Å². The van der Waals surface area contributed by atoms with E-state index in [9.17, 15) is 4.79 Å². The number of hydrogen-bond donors (Lipinski definition) is 2. The zero-order valence-corrected chi connectivity index (χ0v) is 16.4. The molecule has 1 fully saturated rings. The minimum absolute atomic E-state index is 0.290. The molecule has 3 N–H and O–H groups in total. The molecule has 0 spiro atoms. The summed E-state index contributed by atoms with van der Waals surface area (Å²) in [5, 5.41) is 9.68. The lowest BCUT2D eigenvalue weighted by Crippen LogP contribution is -2.33. The Bertz CT molecular complexity index is 995. The Hall–Kier alpha value is -2.99. The van der Waals surface area contributed by atoms with Gasteiger partial charge in [-0.3, -0.25) is 9.78 Å². The van der Waals surface area contributed by atoms with Gasteiger partial charge in [0.15, 0.2) is 0 Å². The molecule has 0 saturated carbocycles. The number of carbonyl (C=O) groups excluding carboxylic acids is 1. The first kappa shape index (κ1) is 19.3. The van der Waals surface area contributed by atoms with Crippen LogP contribution in [0.3, 0.4) is 0 Å². The van der Waals surface area contributed by atoms with E-state index in [0.717, 1.165) is 43.1 Å². The molecule has 6 heteroatoms. The number of rotatable bonds is 6. The number of carbonyl (C=O) groups is 1. The van der Waals surface area contributed by atoms with Crippen LogP contribution in [-0.2, 0) is 0 Å². The molecule has 150 valence electrons. The van der Waals surface area contributed by atoms with Gasteiger partial charge in [0.1, 0.15) is 0 Å². The van der Waals surface area contributed by atoms with Gasteiger partial charge in [-0.2, -0.15) is 0 Å². The summed E-state index contributed by atoms with van der Waals surface area (Å²) in [6, 6.07) is 11.9. The molecular weight excluding hydrogens is 364 g/mol. The van der Waals surface area contributed by atoms with Crippen molar-refractivity contribution in [3.05, 3.63) is 54.4 Å². The maximum absolute atomic E-state index is 11.9. The van der Waals surface area contributed by atoms with Gasteiger partial charge >= 0.3 is 0 Å². The van der Waals surface area contributed by atoms with Crippen molar-refractivity contribution in [3.63, 3.8) is 0 Å². The van der Waals surface area contributed by atoms with Crippen LogP contribution >= 0.6 is 0 Å². The van der Waals surface area contributed by atoms with Crippen LogP contribution in [0.2, 0.25) is 0 Å². The topological polar surface area (TPSA) is 92.3 Å². The molecular formula is C23H26N4O2. The lowest BCUT2D eigenvalue weighted by Gasteiger charge is -2.33. The van der Waals surface area contributed by atoms with Crippen LogP contribution < -0.4 is 10.6 Å². The standard InChI is InChI=1S/C23H26N4O2/c24-23(29)19-14-22(26-21-7-10-25-15-20(19)21)17-3-5-18(6-4-17)27-11-8-16(9-12-27)2-1-13-28/h3-7,10,14-16,28H,1-2,8-9,11-13H2,(H2,24,29). The number of primary amides is 1. The van der Waals surface area contributed by atoms with Crippen molar-refractivity contribution in [3.8, 4) is 11.3 Å². The second-order valence-electron chi connectivity index (χ2n) is 7.66. The third-order valence-corrected chi connectivity index (χ3v) is 5.79. The number of pyridine rings is 2. The lowest BCUT2D eigenvalue weighted by molar-refractivity contribution is 0.100. The Labute approximate surface area is 170 Å². The van der Waals surface area contributed by atoms with Gasteiger partial charge in [-0.15, -0.1) is 0 Å². The minimum atomic E-state index is -0.479. The van der Waals surface area contributed by atoms with E-state index >= 15 is 0 Å². The number of anilines is 1. The molecule has 1 aromatic carbocycles. The van der Waals surface area contributed by atoms with Gasteiger partial charge in [-0.25, -0.2) is 4.98 Å². The number of hydrogen-bond acceptors (Lipinski definition) is 5. The molecule has 6 nitrogen and oxygen atoms in total. The van der Waals surface area contributed by atoms with Crippen molar-refractivity contribution >= 4 is 22.5 Å². The van der Waals surface area contributed by atoms with Crippen molar-refractivity contribution in [1.29, 1.82) is 0 Å². The zero-order valence-electron chi connectivity index (χ0n) is 16.4. The van der Waals surface area contributed by atoms with Gasteiger partial charge in [0, 0.05) is 48.7 Å². The fourth-order valence-corrected chi connectivity index (χ4v) is 4.12. The molecule has 29 heavy (non-hydrogen) atoms. The van der Waals surface area contributed by atoms with Gasteiger partial charge in [0.05, 0.1) is 16.8 Å². The first-order valence-corrected chi connectivity index (χ1v) is 10.2. The highest BCUT2D eigenvalue weighted by molar-refractivity contribution is 6.06. The number of aliphatic hydroxyl groups is 1. The number of benzene rings is 1. The average Bonchev–Trinajstić information content (AvgIpc) is 2.77. The molecule has 0 radical (unpaired) electrons. The molecule has 0 unspecified atom stereocenters. The molecule has 1 aliphatic heterocycles. The summed E-state index contributed by atoms with van der Waals surface area (Å²) in [6.07, 6.45) is 7.65. The van der Waals surface area contributed by atoms with Gasteiger partial charge in [-0.1, -0.05) is 12.1 Å². The lowest BCUT2D eigenvalue weighted by atomic mass is 9.92. The third-order valence-electron chi connectivity index (χ3n) is 5.79. The fraction of sp³-hybridized carbons (Fsp3) is 0.348. The van der Waals surface area contributed by atoms with E-state index in [4.69, 9.17) is 10.8 Å². The summed E-state index contributed by atoms with van der Waals surface area (Å²) in [5.41, 5.74) is 9.60. The second-order valence-corrected chi connectivity index (χ2v) is 7.66. The Morgan fingerprint density at radius 1 is 1.17 bits per heavy atom. The molecule has 1 amide bonds. The van der Waals surface area contributed by atoms with Crippen molar-refractivity contribution in [2.45, 2.75) is 25.7 Å². The molecule has 0 bridgehead atoms. The fourth-order valence-electron chi connectivity index (χ4n) is 4.12. The van der Waals surface area contributed by atoms with Crippen LogP contribution in [0.25, 0.3) is 22.2 Å². The Morgan fingerprint density at radius 2 is 1.93 bits per heavy atom. The molecule has 1 saturated heterocycles. The predicted molar refractivity (Wildman–Crippen MR) is 115 cm³/mol. The van der Waals surface area contributed by atoms with Crippen molar-refractivity contribution in [2.75, 3.05) is 24.6 Å². The number of nitrogens with two attached hydrogens (primary N) is 1. The summed E-state index contributed by atoms with van der Waals surface area (Å²) in [5.74, 6) is 0.244. The van der Waals surface area contributed by atoms with Crippen molar-refractivity contribution < 1.29 is 9.90 Å². The number of nitrogens with zero attached hydrogens (tertiary/aromatic N) is 3. The largest absolute Gasteiger partial charge is 0.396 e. The van der Waals surface area contributed by atoms with E-state index in [0.29, 0.717) is 23.1 Å². The SMILES string of the molecule is NC(=O)c1cc(-c2ccc(N3CCC(CCCO)CC3)cc2)nc2ccncc12. The first-order valence-electron chi connectivity index (χ1n) is 10.2. The predicted octanol–water partition coefficient (Wildman–Crippen LogP) is 3.38. The van der Waals surface area contributed by atoms with Gasteiger partial charge in [0.25, 0.3) is 0 Å². The molecule has 2 aromatic heterocycles. The summed E-state index contributed by atoms with van der Waals surface area (Å²) in [6.45, 7) is 2.38. The van der Waals surface area contributed by atoms with E-state index in [1.54, 1.807) is 24.5 Å². The highest BCUT2D eigenvalue weighted by Gasteiger charge is 2.19. The highest BCUT2D eigenvalue weighted by atomic mass is 16.2. The Kier molecular flexibility index (Phi) is 5.71. The summed E-state index contributed by atoms with van der Waals surface area (Å²) < 4.78 is 0. The van der Waals surface area contributed by atoms with Crippen LogP contribution in [-0.4, -0.2) is 40.7 Å². The summed E-state index contributed by atoms with van der Waals surface area (Å²) in [7, 11) is 0. The minimum Gasteiger partial charge on any atom is -0.396 e. The smallest absolute Gasteiger partial charge is 0.249 e. The molecule has 3 aromatic rings. The van der Waals surface area contributed by atoms with E-state index in [1.165, 1.54) is 18.5 Å². The van der Waals surface area contributed by atoms with E-state index in [1.807, 2.05) is 12.1 Å². The van der Waals surface area contributed by atoms with Gasteiger partial charge in [-0.05, 0) is 55.9 Å². The van der Waals surface area contributed by atoms with E-state index in [-0.39, 0.29) is 0 Å². The molecule has 3 heterocycles. The number of aromatic nitrogens is 2. The quantitative estimate of drug-likeness (QED) is 0.673. The molecule has 4 rings (SSSR count). The Balaban J connectivity index is 1.53. The van der Waals surface area contributed by atoms with Gasteiger partial charge < -0.3 is 15.7 Å². The summed E-state index contributed by atoms with van der Waals surface area (Å²) >= 11 is 0. The van der Waals surface area contributed by atoms with Crippen LogP contribution in [0, 0.1) is 5.92 Å². The number of aliphatic hydroxyl groups excluding tert-OH is 1. The monoisotopic (exact) mass is 390 g/mol. The van der Waals surface area contributed by atoms with Crippen LogP contribution in [0.5, 0.6) is 0 Å². The molecule has 1 aliphatic rings. The number of piperidine rings is 1. The Morgan fingerprint density at radius 3 is 2.62 bits per heavy atom.